The van der Waals surface area contributed by atoms with Gasteiger partial charge in [-0.1, -0.05) is 18.2 Å². The number of carbonyl (C=O) groups is 1. The molecule has 12 heteroatoms. The van der Waals surface area contributed by atoms with Gasteiger partial charge in [0.1, 0.15) is 5.75 Å². The highest BCUT2D eigenvalue weighted by atomic mass is 32.2. The van der Waals surface area contributed by atoms with Crippen LogP contribution in [0.1, 0.15) is 23.6 Å². The molecule has 1 amide bonds. The van der Waals surface area contributed by atoms with E-state index in [1.54, 1.807) is 6.92 Å². The lowest BCUT2D eigenvalue weighted by Crippen LogP contribution is -2.48. The Morgan fingerprint density at radius 2 is 1.67 bits per heavy atom. The normalized spacial score (nSPS) is 17.3. The molecule has 0 atom stereocenters. The van der Waals surface area contributed by atoms with E-state index in [4.69, 9.17) is 0 Å². The van der Waals surface area contributed by atoms with Crippen molar-refractivity contribution < 1.29 is 31.1 Å². The highest BCUT2D eigenvalue weighted by molar-refractivity contribution is 7.86. The van der Waals surface area contributed by atoms with Crippen molar-refractivity contribution in [2.75, 3.05) is 44.7 Å². The molecule has 0 aromatic heterocycles. The van der Waals surface area contributed by atoms with Crippen LogP contribution in [0.5, 0.6) is 5.75 Å². The first-order valence-electron chi connectivity index (χ1n) is 11.6. The second kappa shape index (κ2) is 10.3. The molecule has 1 saturated heterocycles. The molecule has 0 aliphatic carbocycles. The smallest absolute Gasteiger partial charge is 0.406 e. The second-order valence-corrected chi connectivity index (χ2v) is 11.0. The molecular weight excluding hydrogens is 497 g/mol. The minimum atomic E-state index is -4.78. The maximum absolute atomic E-state index is 13.2. The number of ether oxygens (including phenoxy) is 1. The number of fused-ring (bicyclic) bond motifs is 1. The second-order valence-electron chi connectivity index (χ2n) is 8.99. The lowest BCUT2D eigenvalue weighted by Gasteiger charge is -2.36. The molecule has 2 aliphatic rings. The molecule has 36 heavy (non-hydrogen) atoms. The summed E-state index contributed by atoms with van der Waals surface area (Å²) >= 11 is 0. The van der Waals surface area contributed by atoms with Crippen LogP contribution in [-0.4, -0.2) is 74.0 Å². The Morgan fingerprint density at radius 1 is 1.00 bits per heavy atom. The van der Waals surface area contributed by atoms with E-state index in [1.165, 1.54) is 27.8 Å². The van der Waals surface area contributed by atoms with Crippen molar-refractivity contribution in [3.63, 3.8) is 0 Å². The standard InChI is InChI=1S/C24H29F3N4O4S/c1-18(32)29-11-13-30(14-12-29)22-6-5-21-17-31(10-9-20(21)15-22)36(33,34)28(2)16-19-3-7-23(8-4-19)35-24(25,26)27/h3-8,15H,9-14,16-17H2,1-2H3. The van der Waals surface area contributed by atoms with Gasteiger partial charge < -0.3 is 14.5 Å². The summed E-state index contributed by atoms with van der Waals surface area (Å²) in [5.74, 6) is -0.275. The number of halogens is 3. The molecule has 0 saturated carbocycles. The van der Waals surface area contributed by atoms with E-state index < -0.39 is 16.6 Å². The fourth-order valence-electron chi connectivity index (χ4n) is 4.52. The number of amides is 1. The van der Waals surface area contributed by atoms with Crippen LogP contribution in [0.4, 0.5) is 18.9 Å². The van der Waals surface area contributed by atoms with Gasteiger partial charge in [-0.2, -0.15) is 17.0 Å². The third-order valence-corrected chi connectivity index (χ3v) is 8.42. The van der Waals surface area contributed by atoms with Crippen LogP contribution in [-0.2, 0) is 34.5 Å². The number of rotatable bonds is 6. The van der Waals surface area contributed by atoms with Crippen LogP contribution in [0.3, 0.4) is 0 Å². The van der Waals surface area contributed by atoms with E-state index in [1.807, 2.05) is 17.0 Å². The highest BCUT2D eigenvalue weighted by Gasteiger charge is 2.32. The predicted molar refractivity (Wildman–Crippen MR) is 129 cm³/mol. The summed E-state index contributed by atoms with van der Waals surface area (Å²) in [5.41, 5.74) is 3.67. The molecule has 0 N–H and O–H groups in total. The summed E-state index contributed by atoms with van der Waals surface area (Å²) in [4.78, 5) is 15.6. The molecule has 196 valence electrons. The zero-order valence-corrected chi connectivity index (χ0v) is 21.0. The Balaban J connectivity index is 1.38. The third kappa shape index (κ3) is 6.11. The summed E-state index contributed by atoms with van der Waals surface area (Å²) in [6, 6.07) is 11.2. The van der Waals surface area contributed by atoms with Crippen LogP contribution in [0.15, 0.2) is 42.5 Å². The summed E-state index contributed by atoms with van der Waals surface area (Å²) in [6.07, 6.45) is -4.20. The van der Waals surface area contributed by atoms with E-state index in [9.17, 15) is 26.4 Å². The third-order valence-electron chi connectivity index (χ3n) is 6.54. The van der Waals surface area contributed by atoms with Gasteiger partial charge in [-0.25, -0.2) is 0 Å². The van der Waals surface area contributed by atoms with Crippen molar-refractivity contribution in [1.82, 2.24) is 13.5 Å². The van der Waals surface area contributed by atoms with Gasteiger partial charge in [-0.15, -0.1) is 13.2 Å². The first-order chi connectivity index (χ1) is 16.9. The zero-order chi connectivity index (χ0) is 26.1. The molecule has 0 unspecified atom stereocenters. The van der Waals surface area contributed by atoms with Gasteiger partial charge in [0.05, 0.1) is 0 Å². The fraction of sp³-hybridized carbons (Fsp3) is 0.458. The molecule has 4 rings (SSSR count). The fourth-order valence-corrected chi connectivity index (χ4v) is 5.85. The molecule has 2 aromatic rings. The Kier molecular flexibility index (Phi) is 7.48. The topological polar surface area (TPSA) is 73.4 Å². The Hall–Kier alpha value is -2.83. The van der Waals surface area contributed by atoms with E-state index in [0.717, 1.165) is 42.0 Å². The van der Waals surface area contributed by atoms with Crippen molar-refractivity contribution in [3.05, 3.63) is 59.2 Å². The van der Waals surface area contributed by atoms with Crippen LogP contribution in [0.2, 0.25) is 0 Å². The van der Waals surface area contributed by atoms with Gasteiger partial charge in [-0.05, 0) is 47.4 Å². The summed E-state index contributed by atoms with van der Waals surface area (Å²) in [7, 11) is -2.33. The number of carbonyl (C=O) groups excluding carboxylic acids is 1. The maximum Gasteiger partial charge on any atom is 0.573 e. The van der Waals surface area contributed by atoms with Gasteiger partial charge in [0.15, 0.2) is 0 Å². The van der Waals surface area contributed by atoms with E-state index in [0.29, 0.717) is 31.6 Å². The highest BCUT2D eigenvalue weighted by Crippen LogP contribution is 2.28. The summed E-state index contributed by atoms with van der Waals surface area (Å²) in [5, 5.41) is 0. The van der Waals surface area contributed by atoms with Crippen LogP contribution in [0.25, 0.3) is 0 Å². The molecule has 2 aromatic carbocycles. The average Bonchev–Trinajstić information content (AvgIpc) is 2.83. The number of hydrogen-bond donors (Lipinski definition) is 0. The van der Waals surface area contributed by atoms with Crippen LogP contribution < -0.4 is 9.64 Å². The molecular formula is C24H29F3N4O4S. The molecule has 0 bridgehead atoms. The zero-order valence-electron chi connectivity index (χ0n) is 20.2. The predicted octanol–water partition coefficient (Wildman–Crippen LogP) is 2.99. The minimum absolute atomic E-state index is 0.0170. The van der Waals surface area contributed by atoms with E-state index >= 15 is 0 Å². The van der Waals surface area contributed by atoms with Crippen molar-refractivity contribution in [2.24, 2.45) is 0 Å². The van der Waals surface area contributed by atoms with Gasteiger partial charge in [0, 0.05) is 65.5 Å². The molecule has 2 heterocycles. The Morgan fingerprint density at radius 3 is 2.28 bits per heavy atom. The number of piperazine rings is 1. The number of anilines is 1. The number of alkyl halides is 3. The Labute approximate surface area is 209 Å². The van der Waals surface area contributed by atoms with Crippen molar-refractivity contribution >= 4 is 21.8 Å². The van der Waals surface area contributed by atoms with Crippen LogP contribution in [0, 0.1) is 0 Å². The molecule has 1 fully saturated rings. The SMILES string of the molecule is CC(=O)N1CCN(c2ccc3c(c2)CCN(S(=O)(=O)N(C)Cc2ccc(OC(F)(F)F)cc2)C3)CC1. The minimum Gasteiger partial charge on any atom is -0.406 e. The maximum atomic E-state index is 13.2. The van der Waals surface area contributed by atoms with E-state index in [2.05, 4.69) is 15.7 Å². The summed E-state index contributed by atoms with van der Waals surface area (Å²) < 4.78 is 69.9. The Bertz CT molecular complexity index is 1200. The molecule has 0 spiro atoms. The quantitative estimate of drug-likeness (QED) is 0.579. The van der Waals surface area contributed by atoms with Crippen LogP contribution >= 0.6 is 0 Å². The number of nitrogens with zero attached hydrogens (tertiary/aromatic N) is 4. The molecule has 8 nitrogen and oxygen atoms in total. The molecule has 2 aliphatic heterocycles. The largest absolute Gasteiger partial charge is 0.573 e. The van der Waals surface area contributed by atoms with Gasteiger partial charge in [0.2, 0.25) is 5.91 Å². The lowest BCUT2D eigenvalue weighted by molar-refractivity contribution is -0.274. The monoisotopic (exact) mass is 526 g/mol. The van der Waals surface area contributed by atoms with E-state index in [-0.39, 0.29) is 24.7 Å². The average molecular weight is 527 g/mol. The number of hydrogen-bond acceptors (Lipinski definition) is 5. The number of benzene rings is 2. The lowest BCUT2D eigenvalue weighted by atomic mass is 10.00. The van der Waals surface area contributed by atoms with Gasteiger partial charge in [-0.3, -0.25) is 4.79 Å². The van der Waals surface area contributed by atoms with Crippen molar-refractivity contribution in [1.29, 1.82) is 0 Å². The first-order valence-corrected chi connectivity index (χ1v) is 13.0. The first kappa shape index (κ1) is 26.2. The van der Waals surface area contributed by atoms with Crippen molar-refractivity contribution in [3.8, 4) is 5.75 Å². The van der Waals surface area contributed by atoms with Gasteiger partial charge in [0.25, 0.3) is 10.2 Å². The molecule has 0 radical (unpaired) electrons. The summed E-state index contributed by atoms with van der Waals surface area (Å²) in [6.45, 7) is 5.06. The van der Waals surface area contributed by atoms with Gasteiger partial charge >= 0.3 is 6.36 Å². The van der Waals surface area contributed by atoms with Crippen molar-refractivity contribution in [2.45, 2.75) is 32.8 Å².